The second kappa shape index (κ2) is 23.2. The van der Waals surface area contributed by atoms with Gasteiger partial charge in [-0.3, -0.25) is 11.9 Å². The molecular weight excluding hydrogens is 409 g/mol. The van der Waals surface area contributed by atoms with Gasteiger partial charge in [-0.25, -0.2) is 0 Å². The van der Waals surface area contributed by atoms with Crippen LogP contribution in [0.5, 0.6) is 0 Å². The molecule has 0 aromatic heterocycles. The first-order valence-corrected chi connectivity index (χ1v) is 6.79. The maximum atomic E-state index is 4.05. The van der Waals surface area contributed by atoms with Gasteiger partial charge in [-0.15, -0.1) is 0 Å². The Balaban J connectivity index is -0.000000106. The van der Waals surface area contributed by atoms with Crippen LogP contribution in [0.25, 0.3) is 15.4 Å². The number of rotatable bonds is 3. The number of nitrogens with zero attached hydrogens (tertiary/aromatic N) is 3. The van der Waals surface area contributed by atoms with Crippen LogP contribution in [0.2, 0.25) is 0 Å². The summed E-state index contributed by atoms with van der Waals surface area (Å²) in [5.41, 5.74) is 0. The van der Waals surface area contributed by atoms with E-state index >= 15 is 0 Å². The Morgan fingerprint density at radius 3 is 1.72 bits per heavy atom. The van der Waals surface area contributed by atoms with Gasteiger partial charge in [0.05, 0.1) is 0 Å². The molecule has 0 radical (unpaired) electrons. The first-order chi connectivity index (χ1) is 7.67. The molecule has 0 aliphatic heterocycles. The van der Waals surface area contributed by atoms with E-state index in [1.807, 2.05) is 7.05 Å². The first-order valence-electron chi connectivity index (χ1n) is 5.84. The van der Waals surface area contributed by atoms with Crippen LogP contribution in [0.3, 0.4) is 0 Å². The van der Waals surface area contributed by atoms with Gasteiger partial charge >= 0.3 is 25.8 Å². The van der Waals surface area contributed by atoms with Crippen molar-refractivity contribution in [3.05, 3.63) is 22.8 Å². The third-order valence-electron chi connectivity index (χ3n) is 2.46. The van der Waals surface area contributed by atoms with Crippen molar-refractivity contribution in [3.8, 4) is 0 Å². The molecule has 0 saturated heterocycles. The standard InChI is InChI=1S/C8H16NS.2C2H6N.CH3.Hf/c1-7-4-3-5-8(7)6-10-9-2;2*1-3-2;;/h7-8H,3-6H2,1-2H3;2*1-2H3;1H3;/q4*-1;+4/t7-,8?;;;;/m0..../s1. The third kappa shape index (κ3) is 19.4. The quantitative estimate of drug-likeness (QED) is 0.355. The zero-order valence-corrected chi connectivity index (χ0v) is 17.6. The molecule has 108 valence electrons. The van der Waals surface area contributed by atoms with Crippen LogP contribution in [0.1, 0.15) is 26.2 Å². The van der Waals surface area contributed by atoms with Crippen LogP contribution in [-0.4, -0.2) is 41.0 Å². The Morgan fingerprint density at radius 2 is 1.44 bits per heavy atom. The molecule has 0 spiro atoms. The maximum absolute atomic E-state index is 4.05. The summed E-state index contributed by atoms with van der Waals surface area (Å²) in [5.74, 6) is 3.15. The van der Waals surface area contributed by atoms with Crippen molar-refractivity contribution < 1.29 is 25.8 Å². The first kappa shape index (κ1) is 27.4. The molecule has 5 heteroatoms. The van der Waals surface area contributed by atoms with Gasteiger partial charge in [0.25, 0.3) is 0 Å². The van der Waals surface area contributed by atoms with Crippen molar-refractivity contribution in [2.75, 3.05) is 41.0 Å². The largest absolute Gasteiger partial charge is 4.00 e. The topological polar surface area (TPSA) is 42.3 Å². The molecule has 0 heterocycles. The molecule has 2 atom stereocenters. The smallest absolute Gasteiger partial charge is 0.668 e. The summed E-state index contributed by atoms with van der Waals surface area (Å²) in [5, 5.41) is 7.00. The zero-order valence-electron chi connectivity index (χ0n) is 13.2. The van der Waals surface area contributed by atoms with Gasteiger partial charge in [0.2, 0.25) is 0 Å². The van der Waals surface area contributed by atoms with Gasteiger partial charge in [0, 0.05) is 0 Å². The molecule has 1 rings (SSSR count). The van der Waals surface area contributed by atoms with E-state index in [1.54, 1.807) is 40.1 Å². The fourth-order valence-electron chi connectivity index (χ4n) is 1.64. The number of hydrogen-bond acceptors (Lipinski definition) is 1. The van der Waals surface area contributed by atoms with Crippen LogP contribution < -0.4 is 0 Å². The molecule has 0 aromatic rings. The van der Waals surface area contributed by atoms with Crippen molar-refractivity contribution in [1.29, 1.82) is 0 Å². The SMILES string of the molecule is C[N-]C.C[N-]C.C[N-]SCC1CCC[C@@H]1C.[CH3-].[Hf+4]. The van der Waals surface area contributed by atoms with Crippen LogP contribution in [0.4, 0.5) is 0 Å². The van der Waals surface area contributed by atoms with E-state index in [2.05, 4.69) is 22.3 Å². The minimum Gasteiger partial charge on any atom is -0.668 e. The van der Waals surface area contributed by atoms with E-state index in [0.717, 1.165) is 11.8 Å². The molecule has 0 bridgehead atoms. The normalized spacial score (nSPS) is 20.3. The predicted molar refractivity (Wildman–Crippen MR) is 85.1 cm³/mol. The van der Waals surface area contributed by atoms with Gasteiger partial charge in [-0.05, 0) is 24.0 Å². The zero-order chi connectivity index (χ0) is 12.8. The van der Waals surface area contributed by atoms with Crippen molar-refractivity contribution in [2.45, 2.75) is 26.2 Å². The van der Waals surface area contributed by atoms with Gasteiger partial charge in [0.15, 0.2) is 0 Å². The van der Waals surface area contributed by atoms with Crippen molar-refractivity contribution in [2.24, 2.45) is 11.8 Å². The third-order valence-corrected chi connectivity index (χ3v) is 3.29. The molecule has 0 amide bonds. The Morgan fingerprint density at radius 1 is 1.00 bits per heavy atom. The molecule has 1 unspecified atom stereocenters. The molecule has 0 N–H and O–H groups in total. The molecule has 1 fully saturated rings. The summed E-state index contributed by atoms with van der Waals surface area (Å²) in [4.78, 5) is 0. The van der Waals surface area contributed by atoms with E-state index in [1.165, 1.54) is 25.0 Å². The van der Waals surface area contributed by atoms with Gasteiger partial charge in [0.1, 0.15) is 0 Å². The predicted octanol–water partition coefficient (Wildman–Crippen LogP) is 4.76. The minimum absolute atomic E-state index is 0. The summed E-state index contributed by atoms with van der Waals surface area (Å²) in [6.07, 6.45) is 4.31. The van der Waals surface area contributed by atoms with Crippen LogP contribution in [-0.2, 0) is 25.8 Å². The van der Waals surface area contributed by atoms with Gasteiger partial charge < -0.3 is 22.8 Å². The summed E-state index contributed by atoms with van der Waals surface area (Å²) >= 11 is 1.73. The van der Waals surface area contributed by atoms with E-state index in [-0.39, 0.29) is 33.3 Å². The summed E-state index contributed by atoms with van der Waals surface area (Å²) in [6, 6.07) is 0. The second-order valence-electron chi connectivity index (χ2n) is 4.04. The van der Waals surface area contributed by atoms with E-state index in [0.29, 0.717) is 0 Å². The minimum atomic E-state index is 0. The molecule has 1 aliphatic rings. The monoisotopic (exact) mass is 441 g/mol. The molecular formula is C13H31HfN3S. The Kier molecular flexibility index (Phi) is 35.4. The Hall–Kier alpha value is 1.10. The van der Waals surface area contributed by atoms with E-state index in [9.17, 15) is 0 Å². The van der Waals surface area contributed by atoms with Crippen LogP contribution >= 0.6 is 11.9 Å². The molecule has 1 aliphatic carbocycles. The van der Waals surface area contributed by atoms with Crippen molar-refractivity contribution in [1.82, 2.24) is 0 Å². The summed E-state index contributed by atoms with van der Waals surface area (Å²) < 4.78 is 4.05. The summed E-state index contributed by atoms with van der Waals surface area (Å²) in [7, 11) is 8.88. The van der Waals surface area contributed by atoms with Crippen molar-refractivity contribution in [3.63, 3.8) is 0 Å². The second-order valence-corrected chi connectivity index (χ2v) is 5.00. The van der Waals surface area contributed by atoms with Crippen LogP contribution in [0, 0.1) is 19.3 Å². The molecule has 1 saturated carbocycles. The molecule has 18 heavy (non-hydrogen) atoms. The number of hydrogen-bond donors (Lipinski definition) is 0. The van der Waals surface area contributed by atoms with Gasteiger partial charge in [-0.2, -0.15) is 35.2 Å². The molecule has 0 aromatic carbocycles. The van der Waals surface area contributed by atoms with E-state index < -0.39 is 0 Å². The van der Waals surface area contributed by atoms with Crippen LogP contribution in [0.15, 0.2) is 0 Å². The van der Waals surface area contributed by atoms with Gasteiger partial charge in [-0.1, -0.05) is 19.8 Å². The Bertz CT molecular complexity index is 127. The van der Waals surface area contributed by atoms with Crippen molar-refractivity contribution >= 4 is 11.9 Å². The fourth-order valence-corrected chi connectivity index (χ4v) is 2.48. The van der Waals surface area contributed by atoms with E-state index in [4.69, 9.17) is 0 Å². The Labute approximate surface area is 139 Å². The maximum Gasteiger partial charge on any atom is 4.00 e. The average molecular weight is 440 g/mol. The average Bonchev–Trinajstić information content (AvgIpc) is 2.63. The molecule has 3 nitrogen and oxygen atoms in total. The fraction of sp³-hybridized carbons (Fsp3) is 0.923. The summed E-state index contributed by atoms with van der Waals surface area (Å²) in [6.45, 7) is 2.37.